The molecule has 130 valence electrons. The molecule has 0 atom stereocenters. The number of hydrogen-bond donors (Lipinski definition) is 1. The highest BCUT2D eigenvalue weighted by molar-refractivity contribution is 6.03. The number of rotatable bonds is 4. The number of carbonyl (C=O) groups is 2. The second-order valence-corrected chi connectivity index (χ2v) is 7.00. The number of aromatic nitrogens is 1. The third-order valence-electron chi connectivity index (χ3n) is 5.41. The van der Waals surface area contributed by atoms with Gasteiger partial charge in [0.1, 0.15) is 5.69 Å². The summed E-state index contributed by atoms with van der Waals surface area (Å²) in [6.07, 6.45) is 12.7. The molecule has 5 heteroatoms. The van der Waals surface area contributed by atoms with Crippen LogP contribution in [0.3, 0.4) is 0 Å². The molecule has 2 aliphatic rings. The fourth-order valence-corrected chi connectivity index (χ4v) is 4.22. The summed E-state index contributed by atoms with van der Waals surface area (Å²) in [5.41, 5.74) is 0.111. The summed E-state index contributed by atoms with van der Waals surface area (Å²) in [6.45, 7) is 0. The van der Waals surface area contributed by atoms with E-state index in [1.807, 2.05) is 4.90 Å². The fourth-order valence-electron chi connectivity index (χ4n) is 4.22. The van der Waals surface area contributed by atoms with Gasteiger partial charge in [0, 0.05) is 18.3 Å². The van der Waals surface area contributed by atoms with Crippen LogP contribution in [0.15, 0.2) is 18.3 Å². The highest BCUT2D eigenvalue weighted by atomic mass is 16.4. The van der Waals surface area contributed by atoms with Crippen LogP contribution in [0, 0.1) is 0 Å². The standard InChI is InChI=1S/C19H26N2O3/c22-18(17-16(19(23)24)12-7-13-20-17)21(14-8-3-1-4-9-14)15-10-5-2-6-11-15/h7,12-15H,1-6,8-11H2,(H,23,24). The monoisotopic (exact) mass is 330 g/mol. The lowest BCUT2D eigenvalue weighted by molar-refractivity contribution is 0.0435. The van der Waals surface area contributed by atoms with Crippen LogP contribution in [0.2, 0.25) is 0 Å². The first-order chi connectivity index (χ1) is 11.7. The Balaban J connectivity index is 1.92. The van der Waals surface area contributed by atoms with Crippen molar-refractivity contribution >= 4 is 11.9 Å². The molecule has 5 nitrogen and oxygen atoms in total. The molecule has 1 aromatic rings. The minimum atomic E-state index is -1.08. The van der Waals surface area contributed by atoms with Gasteiger partial charge in [0.25, 0.3) is 5.91 Å². The third kappa shape index (κ3) is 3.60. The smallest absolute Gasteiger partial charge is 0.338 e. The summed E-state index contributed by atoms with van der Waals surface area (Å²) >= 11 is 0. The Morgan fingerprint density at radius 1 is 0.958 bits per heavy atom. The number of aromatic carboxylic acids is 1. The van der Waals surface area contributed by atoms with Crippen molar-refractivity contribution in [1.82, 2.24) is 9.88 Å². The Bertz CT molecular complexity index is 572. The zero-order chi connectivity index (χ0) is 16.9. The van der Waals surface area contributed by atoms with Crippen LogP contribution in [-0.4, -0.2) is 39.0 Å². The lowest BCUT2D eigenvalue weighted by atomic mass is 9.88. The maximum Gasteiger partial charge on any atom is 0.338 e. The summed E-state index contributed by atoms with van der Waals surface area (Å²) < 4.78 is 0. The number of amides is 1. The van der Waals surface area contributed by atoms with E-state index in [-0.39, 0.29) is 29.2 Å². The molecular weight excluding hydrogens is 304 g/mol. The van der Waals surface area contributed by atoms with Crippen LogP contribution in [0.25, 0.3) is 0 Å². The summed E-state index contributed by atoms with van der Waals surface area (Å²) in [6, 6.07) is 3.52. The van der Waals surface area contributed by atoms with E-state index >= 15 is 0 Å². The first-order valence-corrected chi connectivity index (χ1v) is 9.19. The number of carboxylic acid groups (broad SMARTS) is 1. The Morgan fingerprint density at radius 3 is 2.00 bits per heavy atom. The van der Waals surface area contributed by atoms with E-state index in [4.69, 9.17) is 0 Å². The quantitative estimate of drug-likeness (QED) is 0.909. The fraction of sp³-hybridized carbons (Fsp3) is 0.632. The van der Waals surface area contributed by atoms with Gasteiger partial charge in [-0.05, 0) is 37.8 Å². The van der Waals surface area contributed by atoms with Crippen molar-refractivity contribution in [2.75, 3.05) is 0 Å². The van der Waals surface area contributed by atoms with Crippen molar-refractivity contribution in [3.8, 4) is 0 Å². The van der Waals surface area contributed by atoms with Crippen molar-refractivity contribution in [1.29, 1.82) is 0 Å². The van der Waals surface area contributed by atoms with Crippen molar-refractivity contribution in [2.24, 2.45) is 0 Å². The normalized spacial score (nSPS) is 19.8. The molecule has 1 heterocycles. The van der Waals surface area contributed by atoms with Crippen molar-refractivity contribution in [3.63, 3.8) is 0 Å². The first kappa shape index (κ1) is 16.9. The van der Waals surface area contributed by atoms with Gasteiger partial charge in [-0.25, -0.2) is 4.79 Å². The molecule has 1 aromatic heterocycles. The molecule has 0 radical (unpaired) electrons. The van der Waals surface area contributed by atoms with Crippen LogP contribution in [0.4, 0.5) is 0 Å². The van der Waals surface area contributed by atoms with Gasteiger partial charge in [-0.15, -0.1) is 0 Å². The molecular formula is C19H26N2O3. The lowest BCUT2D eigenvalue weighted by Gasteiger charge is -2.41. The van der Waals surface area contributed by atoms with Gasteiger partial charge in [-0.3, -0.25) is 9.78 Å². The Hall–Kier alpha value is -1.91. The maximum atomic E-state index is 13.3. The molecule has 0 unspecified atom stereocenters. The number of carbonyl (C=O) groups excluding carboxylic acids is 1. The summed E-state index contributed by atoms with van der Waals surface area (Å²) in [5, 5.41) is 9.41. The molecule has 0 spiro atoms. The minimum Gasteiger partial charge on any atom is -0.478 e. The number of hydrogen-bond acceptors (Lipinski definition) is 3. The molecule has 0 aromatic carbocycles. The summed E-state index contributed by atoms with van der Waals surface area (Å²) in [4.78, 5) is 30.9. The average Bonchev–Trinajstić information content (AvgIpc) is 2.63. The Labute approximate surface area is 143 Å². The summed E-state index contributed by atoms with van der Waals surface area (Å²) in [7, 11) is 0. The van der Waals surface area contributed by atoms with Crippen LogP contribution in [-0.2, 0) is 0 Å². The van der Waals surface area contributed by atoms with Gasteiger partial charge in [-0.1, -0.05) is 38.5 Å². The maximum absolute atomic E-state index is 13.3. The highest BCUT2D eigenvalue weighted by Gasteiger charge is 2.35. The predicted molar refractivity (Wildman–Crippen MR) is 91.1 cm³/mol. The number of carboxylic acids is 1. The van der Waals surface area contributed by atoms with E-state index in [1.54, 1.807) is 6.07 Å². The van der Waals surface area contributed by atoms with Gasteiger partial charge in [0.15, 0.2) is 0 Å². The minimum absolute atomic E-state index is 0.0131. The molecule has 2 fully saturated rings. The van der Waals surface area contributed by atoms with E-state index < -0.39 is 5.97 Å². The number of pyridine rings is 1. The van der Waals surface area contributed by atoms with Crippen LogP contribution < -0.4 is 0 Å². The van der Waals surface area contributed by atoms with Gasteiger partial charge in [0.2, 0.25) is 0 Å². The second-order valence-electron chi connectivity index (χ2n) is 7.00. The topological polar surface area (TPSA) is 70.5 Å². The van der Waals surface area contributed by atoms with E-state index in [9.17, 15) is 14.7 Å². The van der Waals surface area contributed by atoms with E-state index in [1.165, 1.54) is 25.1 Å². The number of nitrogens with zero attached hydrogens (tertiary/aromatic N) is 2. The molecule has 2 aliphatic carbocycles. The lowest BCUT2D eigenvalue weighted by Crippen LogP contribution is -2.49. The summed E-state index contributed by atoms with van der Waals surface area (Å²) in [5.74, 6) is -1.27. The van der Waals surface area contributed by atoms with Crippen molar-refractivity contribution < 1.29 is 14.7 Å². The van der Waals surface area contributed by atoms with Crippen molar-refractivity contribution in [3.05, 3.63) is 29.6 Å². The Kier molecular flexibility index (Phi) is 5.48. The highest BCUT2D eigenvalue weighted by Crippen LogP contribution is 2.31. The van der Waals surface area contributed by atoms with Gasteiger partial charge < -0.3 is 10.0 Å². The molecule has 2 saturated carbocycles. The largest absolute Gasteiger partial charge is 0.478 e. The Morgan fingerprint density at radius 2 is 1.50 bits per heavy atom. The van der Waals surface area contributed by atoms with Gasteiger partial charge >= 0.3 is 5.97 Å². The predicted octanol–water partition coefficient (Wildman–Crippen LogP) is 3.89. The first-order valence-electron chi connectivity index (χ1n) is 9.19. The molecule has 1 N–H and O–H groups in total. The van der Waals surface area contributed by atoms with Gasteiger partial charge in [-0.2, -0.15) is 0 Å². The molecule has 0 saturated heterocycles. The SMILES string of the molecule is O=C(O)c1cccnc1C(=O)N(C1CCCCC1)C1CCCCC1. The second kappa shape index (κ2) is 7.77. The van der Waals surface area contributed by atoms with Crippen LogP contribution in [0.1, 0.15) is 85.1 Å². The molecule has 3 rings (SSSR count). The molecule has 0 aliphatic heterocycles. The molecule has 0 bridgehead atoms. The van der Waals surface area contributed by atoms with Crippen LogP contribution in [0.5, 0.6) is 0 Å². The molecule has 1 amide bonds. The zero-order valence-corrected chi connectivity index (χ0v) is 14.1. The average molecular weight is 330 g/mol. The molecule has 24 heavy (non-hydrogen) atoms. The van der Waals surface area contributed by atoms with E-state index in [2.05, 4.69) is 4.98 Å². The van der Waals surface area contributed by atoms with E-state index in [0.717, 1.165) is 51.4 Å². The zero-order valence-electron chi connectivity index (χ0n) is 14.1. The van der Waals surface area contributed by atoms with Crippen molar-refractivity contribution in [2.45, 2.75) is 76.3 Å². The third-order valence-corrected chi connectivity index (χ3v) is 5.41. The van der Waals surface area contributed by atoms with Gasteiger partial charge in [0.05, 0.1) is 5.56 Å². The van der Waals surface area contributed by atoms with Crippen LogP contribution >= 0.6 is 0 Å². The van der Waals surface area contributed by atoms with E-state index in [0.29, 0.717) is 0 Å².